The molecule has 0 spiro atoms. The summed E-state index contributed by atoms with van der Waals surface area (Å²) >= 11 is 6.02. The van der Waals surface area contributed by atoms with E-state index in [0.717, 1.165) is 24.3 Å². The lowest BCUT2D eigenvalue weighted by atomic mass is 10.1. The van der Waals surface area contributed by atoms with Crippen molar-refractivity contribution in [2.45, 2.75) is 12.8 Å². The van der Waals surface area contributed by atoms with Gasteiger partial charge in [0.2, 0.25) is 5.95 Å². The van der Waals surface area contributed by atoms with Gasteiger partial charge in [0.1, 0.15) is 5.82 Å². The number of nitrogens with two attached hydrogens (primary N) is 1. The molecule has 1 aliphatic heterocycles. The van der Waals surface area contributed by atoms with Gasteiger partial charge in [0.05, 0.1) is 5.69 Å². The molecule has 0 unspecified atom stereocenters. The van der Waals surface area contributed by atoms with E-state index in [1.165, 1.54) is 12.8 Å². The standard InChI is InChI=1S/C14H15ClN4/c15-11-5-3-4-10(8-11)12-9-13(16)18-14(17-12)19-6-1-2-7-19/h3-5,8-9H,1-2,6-7H2,(H2,16,17,18). The Labute approximate surface area is 117 Å². The fraction of sp³-hybridized carbons (Fsp3) is 0.286. The molecule has 0 atom stereocenters. The Balaban J connectivity index is 2.01. The summed E-state index contributed by atoms with van der Waals surface area (Å²) in [5.41, 5.74) is 7.67. The topological polar surface area (TPSA) is 55.0 Å². The predicted molar refractivity (Wildman–Crippen MR) is 78.3 cm³/mol. The first kappa shape index (κ1) is 12.2. The van der Waals surface area contributed by atoms with Crippen LogP contribution in [0.25, 0.3) is 11.3 Å². The summed E-state index contributed by atoms with van der Waals surface area (Å²) in [7, 11) is 0. The molecule has 19 heavy (non-hydrogen) atoms. The summed E-state index contributed by atoms with van der Waals surface area (Å²) in [5, 5.41) is 0.692. The van der Waals surface area contributed by atoms with Gasteiger partial charge in [0, 0.05) is 29.7 Å². The van der Waals surface area contributed by atoms with Crippen LogP contribution >= 0.6 is 11.6 Å². The molecular weight excluding hydrogens is 260 g/mol. The highest BCUT2D eigenvalue weighted by molar-refractivity contribution is 6.30. The molecule has 5 heteroatoms. The Morgan fingerprint density at radius 3 is 2.63 bits per heavy atom. The van der Waals surface area contributed by atoms with E-state index in [4.69, 9.17) is 17.3 Å². The summed E-state index contributed by atoms with van der Waals surface area (Å²) in [5.74, 6) is 1.21. The smallest absolute Gasteiger partial charge is 0.227 e. The summed E-state index contributed by atoms with van der Waals surface area (Å²) in [6, 6.07) is 9.40. The SMILES string of the molecule is Nc1cc(-c2cccc(Cl)c2)nc(N2CCCC2)n1. The van der Waals surface area contributed by atoms with Crippen molar-refractivity contribution in [2.24, 2.45) is 0 Å². The summed E-state index contributed by atoms with van der Waals surface area (Å²) < 4.78 is 0. The quantitative estimate of drug-likeness (QED) is 0.915. The fourth-order valence-corrected chi connectivity index (χ4v) is 2.50. The molecule has 2 aromatic rings. The highest BCUT2D eigenvalue weighted by Gasteiger charge is 2.16. The van der Waals surface area contributed by atoms with Crippen LogP contribution in [0.15, 0.2) is 30.3 Å². The normalized spacial score (nSPS) is 14.9. The van der Waals surface area contributed by atoms with Gasteiger partial charge in [-0.25, -0.2) is 4.98 Å². The monoisotopic (exact) mass is 274 g/mol. The van der Waals surface area contributed by atoms with Gasteiger partial charge in [-0.1, -0.05) is 23.7 Å². The van der Waals surface area contributed by atoms with Crippen LogP contribution in [0.2, 0.25) is 5.02 Å². The molecule has 0 radical (unpaired) electrons. The lowest BCUT2D eigenvalue weighted by molar-refractivity contribution is 0.902. The maximum atomic E-state index is 6.02. The maximum Gasteiger partial charge on any atom is 0.227 e. The average molecular weight is 275 g/mol. The molecule has 1 aliphatic rings. The summed E-state index contributed by atoms with van der Waals surface area (Å²) in [4.78, 5) is 11.1. The second kappa shape index (κ2) is 5.05. The minimum absolute atomic E-state index is 0.492. The molecule has 98 valence electrons. The molecule has 0 bridgehead atoms. The zero-order valence-corrected chi connectivity index (χ0v) is 11.3. The van der Waals surface area contributed by atoms with E-state index >= 15 is 0 Å². The molecule has 2 heterocycles. The third kappa shape index (κ3) is 2.63. The highest BCUT2D eigenvalue weighted by Crippen LogP contribution is 2.25. The molecule has 1 fully saturated rings. The summed E-state index contributed by atoms with van der Waals surface area (Å²) in [6.07, 6.45) is 2.37. The van der Waals surface area contributed by atoms with Crippen LogP contribution in [0.1, 0.15) is 12.8 Å². The Morgan fingerprint density at radius 1 is 1.11 bits per heavy atom. The van der Waals surface area contributed by atoms with Gasteiger partial charge in [-0.3, -0.25) is 0 Å². The van der Waals surface area contributed by atoms with Gasteiger partial charge in [0.25, 0.3) is 0 Å². The zero-order chi connectivity index (χ0) is 13.2. The second-order valence-electron chi connectivity index (χ2n) is 4.68. The third-order valence-electron chi connectivity index (χ3n) is 3.24. The molecule has 0 saturated carbocycles. The molecule has 1 aromatic carbocycles. The van der Waals surface area contributed by atoms with Crippen LogP contribution in [0, 0.1) is 0 Å². The molecule has 0 amide bonds. The average Bonchev–Trinajstić information content (AvgIpc) is 2.92. The Hall–Kier alpha value is -1.81. The number of aromatic nitrogens is 2. The lowest BCUT2D eigenvalue weighted by Crippen LogP contribution is -2.21. The molecule has 1 saturated heterocycles. The summed E-state index contributed by atoms with van der Waals surface area (Å²) in [6.45, 7) is 2.00. The van der Waals surface area contributed by atoms with E-state index in [1.807, 2.05) is 24.3 Å². The van der Waals surface area contributed by atoms with Crippen molar-refractivity contribution in [2.75, 3.05) is 23.7 Å². The van der Waals surface area contributed by atoms with Crippen molar-refractivity contribution >= 4 is 23.4 Å². The number of nitrogen functional groups attached to an aromatic ring is 1. The van der Waals surface area contributed by atoms with E-state index in [1.54, 1.807) is 6.07 Å². The number of rotatable bonds is 2. The van der Waals surface area contributed by atoms with Crippen LogP contribution in [0.4, 0.5) is 11.8 Å². The van der Waals surface area contributed by atoms with E-state index in [9.17, 15) is 0 Å². The number of nitrogens with zero attached hydrogens (tertiary/aromatic N) is 3. The Kier molecular flexibility index (Phi) is 3.25. The van der Waals surface area contributed by atoms with Crippen molar-refractivity contribution < 1.29 is 0 Å². The minimum Gasteiger partial charge on any atom is -0.384 e. The predicted octanol–water partition coefficient (Wildman–Crippen LogP) is 2.98. The Morgan fingerprint density at radius 2 is 1.89 bits per heavy atom. The van der Waals surface area contributed by atoms with Crippen LogP contribution < -0.4 is 10.6 Å². The lowest BCUT2D eigenvalue weighted by Gasteiger charge is -2.16. The Bertz CT molecular complexity index is 594. The van der Waals surface area contributed by atoms with Gasteiger partial charge in [-0.2, -0.15) is 4.98 Å². The highest BCUT2D eigenvalue weighted by atomic mass is 35.5. The molecule has 2 N–H and O–H groups in total. The van der Waals surface area contributed by atoms with Crippen LogP contribution in [-0.4, -0.2) is 23.1 Å². The van der Waals surface area contributed by atoms with Crippen molar-refractivity contribution in [3.63, 3.8) is 0 Å². The van der Waals surface area contributed by atoms with E-state index in [2.05, 4.69) is 14.9 Å². The van der Waals surface area contributed by atoms with Gasteiger partial charge in [-0.05, 0) is 25.0 Å². The number of hydrogen-bond acceptors (Lipinski definition) is 4. The van der Waals surface area contributed by atoms with Crippen LogP contribution in [-0.2, 0) is 0 Å². The fourth-order valence-electron chi connectivity index (χ4n) is 2.31. The molecular formula is C14H15ClN4. The maximum absolute atomic E-state index is 6.02. The molecule has 3 rings (SSSR count). The minimum atomic E-state index is 0.492. The van der Waals surface area contributed by atoms with E-state index in [-0.39, 0.29) is 0 Å². The zero-order valence-electron chi connectivity index (χ0n) is 10.5. The van der Waals surface area contributed by atoms with E-state index in [0.29, 0.717) is 16.8 Å². The van der Waals surface area contributed by atoms with Crippen molar-refractivity contribution in [1.29, 1.82) is 0 Å². The first-order chi connectivity index (χ1) is 9.22. The molecule has 4 nitrogen and oxygen atoms in total. The van der Waals surface area contributed by atoms with Gasteiger partial charge >= 0.3 is 0 Å². The number of halogens is 1. The van der Waals surface area contributed by atoms with Crippen molar-refractivity contribution in [3.05, 3.63) is 35.4 Å². The van der Waals surface area contributed by atoms with Gasteiger partial charge in [-0.15, -0.1) is 0 Å². The third-order valence-corrected chi connectivity index (χ3v) is 3.48. The molecule has 0 aliphatic carbocycles. The largest absolute Gasteiger partial charge is 0.384 e. The second-order valence-corrected chi connectivity index (χ2v) is 5.12. The molecule has 1 aromatic heterocycles. The van der Waals surface area contributed by atoms with Gasteiger partial charge < -0.3 is 10.6 Å². The van der Waals surface area contributed by atoms with Crippen LogP contribution in [0.5, 0.6) is 0 Å². The van der Waals surface area contributed by atoms with Crippen LogP contribution in [0.3, 0.4) is 0 Å². The first-order valence-corrected chi connectivity index (χ1v) is 6.75. The number of hydrogen-bond donors (Lipinski definition) is 1. The van der Waals surface area contributed by atoms with Crippen molar-refractivity contribution in [1.82, 2.24) is 9.97 Å². The van der Waals surface area contributed by atoms with Gasteiger partial charge in [0.15, 0.2) is 0 Å². The number of anilines is 2. The number of benzene rings is 1. The van der Waals surface area contributed by atoms with E-state index < -0.39 is 0 Å². The van der Waals surface area contributed by atoms with Crippen molar-refractivity contribution in [3.8, 4) is 11.3 Å². The first-order valence-electron chi connectivity index (χ1n) is 6.38.